The smallest absolute Gasteiger partial charge is 0.267 e. The Labute approximate surface area is 83.3 Å². The van der Waals surface area contributed by atoms with Gasteiger partial charge >= 0.3 is 0 Å². The molecule has 1 unspecified atom stereocenters. The summed E-state index contributed by atoms with van der Waals surface area (Å²) < 4.78 is 1.77. The number of aryl methyl sites for hydroxylation is 1. The number of rotatable bonds is 3. The Balaban J connectivity index is 2.20. The maximum absolute atomic E-state index is 11.6. The van der Waals surface area contributed by atoms with Crippen LogP contribution in [0.5, 0.6) is 0 Å². The molecule has 78 valence electrons. The molecule has 2 heterocycles. The van der Waals surface area contributed by atoms with Crippen molar-refractivity contribution in [2.75, 3.05) is 13.1 Å². The second-order valence-corrected chi connectivity index (χ2v) is 3.89. The lowest BCUT2D eigenvalue weighted by Gasteiger charge is -2.08. The largest absolute Gasteiger partial charge is 0.315 e. The van der Waals surface area contributed by atoms with Crippen molar-refractivity contribution >= 4 is 0 Å². The highest BCUT2D eigenvalue weighted by atomic mass is 16.1. The SMILES string of the molecule is CCCc1cc(=O)n(C2CCNC2)[nH]1. The van der Waals surface area contributed by atoms with Crippen LogP contribution < -0.4 is 10.9 Å². The molecule has 0 spiro atoms. The monoisotopic (exact) mass is 195 g/mol. The highest BCUT2D eigenvalue weighted by Crippen LogP contribution is 2.11. The summed E-state index contributed by atoms with van der Waals surface area (Å²) in [5.41, 5.74) is 1.17. The van der Waals surface area contributed by atoms with Crippen LogP contribution in [0, 0.1) is 0 Å². The molecule has 4 heteroatoms. The predicted molar refractivity (Wildman–Crippen MR) is 55.6 cm³/mol. The molecule has 1 fully saturated rings. The van der Waals surface area contributed by atoms with Crippen molar-refractivity contribution in [3.05, 3.63) is 22.1 Å². The van der Waals surface area contributed by atoms with Crippen LogP contribution in [0.15, 0.2) is 10.9 Å². The molecule has 2 rings (SSSR count). The van der Waals surface area contributed by atoms with Gasteiger partial charge in [-0.3, -0.25) is 9.89 Å². The molecular weight excluding hydrogens is 178 g/mol. The molecule has 1 aliphatic heterocycles. The minimum Gasteiger partial charge on any atom is -0.315 e. The Bertz CT molecular complexity index is 346. The van der Waals surface area contributed by atoms with Crippen molar-refractivity contribution in [2.45, 2.75) is 32.2 Å². The number of nitrogens with one attached hydrogen (secondary N) is 2. The van der Waals surface area contributed by atoms with E-state index in [1.807, 2.05) is 0 Å². The lowest BCUT2D eigenvalue weighted by atomic mass is 10.2. The van der Waals surface area contributed by atoms with E-state index < -0.39 is 0 Å². The normalized spacial score (nSPS) is 21.6. The molecule has 0 radical (unpaired) electrons. The number of nitrogens with zero attached hydrogens (tertiary/aromatic N) is 1. The Morgan fingerprint density at radius 2 is 2.50 bits per heavy atom. The third-order valence-corrected chi connectivity index (χ3v) is 2.72. The zero-order chi connectivity index (χ0) is 9.97. The van der Waals surface area contributed by atoms with E-state index >= 15 is 0 Å². The Morgan fingerprint density at radius 1 is 1.64 bits per heavy atom. The van der Waals surface area contributed by atoms with Crippen molar-refractivity contribution in [1.82, 2.24) is 15.1 Å². The maximum atomic E-state index is 11.6. The zero-order valence-corrected chi connectivity index (χ0v) is 8.55. The van der Waals surface area contributed by atoms with E-state index in [1.165, 1.54) is 0 Å². The van der Waals surface area contributed by atoms with Crippen LogP contribution >= 0.6 is 0 Å². The Kier molecular flexibility index (Phi) is 2.72. The van der Waals surface area contributed by atoms with Crippen molar-refractivity contribution in [1.29, 1.82) is 0 Å². The molecule has 0 amide bonds. The van der Waals surface area contributed by atoms with Crippen LogP contribution in [-0.2, 0) is 6.42 Å². The highest BCUT2D eigenvalue weighted by molar-refractivity contribution is 5.01. The fraction of sp³-hybridized carbons (Fsp3) is 0.700. The lowest BCUT2D eigenvalue weighted by Crippen LogP contribution is -2.23. The van der Waals surface area contributed by atoms with Crippen LogP contribution in [0.3, 0.4) is 0 Å². The molecule has 1 aliphatic rings. The summed E-state index contributed by atoms with van der Waals surface area (Å²) in [5.74, 6) is 0. The van der Waals surface area contributed by atoms with Crippen molar-refractivity contribution in [3.8, 4) is 0 Å². The number of aromatic nitrogens is 2. The van der Waals surface area contributed by atoms with Gasteiger partial charge in [-0.05, 0) is 19.4 Å². The summed E-state index contributed by atoms with van der Waals surface area (Å²) in [5, 5.41) is 6.45. The summed E-state index contributed by atoms with van der Waals surface area (Å²) in [6.45, 7) is 4.04. The fourth-order valence-electron chi connectivity index (χ4n) is 1.99. The Morgan fingerprint density at radius 3 is 3.14 bits per heavy atom. The van der Waals surface area contributed by atoms with Gasteiger partial charge in [0.05, 0.1) is 6.04 Å². The minimum absolute atomic E-state index is 0.113. The van der Waals surface area contributed by atoms with Gasteiger partial charge < -0.3 is 5.32 Å². The third kappa shape index (κ3) is 1.75. The van der Waals surface area contributed by atoms with Gasteiger partial charge in [-0.1, -0.05) is 13.3 Å². The van der Waals surface area contributed by atoms with Gasteiger partial charge in [-0.15, -0.1) is 0 Å². The molecule has 4 nitrogen and oxygen atoms in total. The first-order chi connectivity index (χ1) is 6.81. The molecule has 1 atom stereocenters. The van der Waals surface area contributed by atoms with E-state index in [-0.39, 0.29) is 5.56 Å². The summed E-state index contributed by atoms with van der Waals surface area (Å²) in [6.07, 6.45) is 3.08. The molecule has 1 aromatic rings. The molecule has 1 saturated heterocycles. The van der Waals surface area contributed by atoms with Gasteiger partial charge in [0.25, 0.3) is 5.56 Å². The first-order valence-electron chi connectivity index (χ1n) is 5.32. The van der Waals surface area contributed by atoms with Crippen LogP contribution in [0.25, 0.3) is 0 Å². The minimum atomic E-state index is 0.113. The van der Waals surface area contributed by atoms with E-state index in [0.29, 0.717) is 6.04 Å². The van der Waals surface area contributed by atoms with Crippen LogP contribution in [0.2, 0.25) is 0 Å². The van der Waals surface area contributed by atoms with Gasteiger partial charge in [0.15, 0.2) is 0 Å². The van der Waals surface area contributed by atoms with Crippen LogP contribution in [-0.4, -0.2) is 22.9 Å². The van der Waals surface area contributed by atoms with E-state index in [4.69, 9.17) is 0 Å². The van der Waals surface area contributed by atoms with Crippen molar-refractivity contribution < 1.29 is 0 Å². The lowest BCUT2D eigenvalue weighted by molar-refractivity contribution is 0.473. The Hall–Kier alpha value is -1.03. The number of H-pyrrole nitrogens is 1. The standard InChI is InChI=1S/C10H17N3O/c1-2-3-8-6-10(14)13(12-8)9-4-5-11-7-9/h6,9,11-12H,2-5,7H2,1H3. The van der Waals surface area contributed by atoms with Gasteiger partial charge in [-0.2, -0.15) is 0 Å². The highest BCUT2D eigenvalue weighted by Gasteiger charge is 2.18. The molecule has 14 heavy (non-hydrogen) atoms. The van der Waals surface area contributed by atoms with Gasteiger partial charge in [0.2, 0.25) is 0 Å². The molecule has 0 saturated carbocycles. The van der Waals surface area contributed by atoms with Crippen molar-refractivity contribution in [2.24, 2.45) is 0 Å². The fourth-order valence-corrected chi connectivity index (χ4v) is 1.99. The second kappa shape index (κ2) is 4.00. The number of hydrogen-bond donors (Lipinski definition) is 2. The molecule has 0 aromatic carbocycles. The second-order valence-electron chi connectivity index (χ2n) is 3.89. The third-order valence-electron chi connectivity index (χ3n) is 2.72. The van der Waals surface area contributed by atoms with E-state index in [1.54, 1.807) is 10.7 Å². The summed E-state index contributed by atoms with van der Waals surface area (Å²) >= 11 is 0. The number of aromatic amines is 1. The van der Waals surface area contributed by atoms with Crippen molar-refractivity contribution in [3.63, 3.8) is 0 Å². The molecule has 2 N–H and O–H groups in total. The first-order valence-corrected chi connectivity index (χ1v) is 5.32. The van der Waals surface area contributed by atoms with Gasteiger partial charge in [0.1, 0.15) is 0 Å². The average molecular weight is 195 g/mol. The van der Waals surface area contributed by atoms with E-state index in [9.17, 15) is 4.79 Å². The van der Waals surface area contributed by atoms with Crippen LogP contribution in [0.4, 0.5) is 0 Å². The number of hydrogen-bond acceptors (Lipinski definition) is 2. The quantitative estimate of drug-likeness (QED) is 0.744. The molecule has 0 aliphatic carbocycles. The summed E-state index contributed by atoms with van der Waals surface area (Å²) in [4.78, 5) is 11.6. The molecule has 1 aromatic heterocycles. The predicted octanol–water partition coefficient (Wildman–Crippen LogP) is 0.663. The van der Waals surface area contributed by atoms with E-state index in [2.05, 4.69) is 17.3 Å². The first kappa shape index (κ1) is 9.52. The summed E-state index contributed by atoms with van der Waals surface area (Å²) in [7, 11) is 0. The molecule has 0 bridgehead atoms. The van der Waals surface area contributed by atoms with Gasteiger partial charge in [0, 0.05) is 18.3 Å². The molecular formula is C10H17N3O. The van der Waals surface area contributed by atoms with Crippen LogP contribution in [0.1, 0.15) is 31.5 Å². The zero-order valence-electron chi connectivity index (χ0n) is 8.55. The summed E-state index contributed by atoms with van der Waals surface area (Å²) in [6, 6.07) is 2.05. The topological polar surface area (TPSA) is 49.8 Å². The van der Waals surface area contributed by atoms with E-state index in [0.717, 1.165) is 38.0 Å². The maximum Gasteiger partial charge on any atom is 0.267 e. The van der Waals surface area contributed by atoms with Gasteiger partial charge in [-0.25, -0.2) is 4.68 Å². The average Bonchev–Trinajstić information content (AvgIpc) is 2.74.